The van der Waals surface area contributed by atoms with Crippen LogP contribution in [0.5, 0.6) is 0 Å². The van der Waals surface area contributed by atoms with Crippen molar-refractivity contribution in [2.24, 2.45) is 5.73 Å². The third-order valence-corrected chi connectivity index (χ3v) is 2.35. The minimum absolute atomic E-state index is 0.183. The van der Waals surface area contributed by atoms with Gasteiger partial charge in [0, 0.05) is 12.1 Å². The Balaban J connectivity index is 2.90. The molecule has 0 aliphatic rings. The molecular formula is C13H14N2O3. The van der Waals surface area contributed by atoms with E-state index in [0.717, 1.165) is 0 Å². The number of benzene rings is 1. The van der Waals surface area contributed by atoms with Gasteiger partial charge in [0.25, 0.3) is 0 Å². The first-order chi connectivity index (χ1) is 8.54. The van der Waals surface area contributed by atoms with Crippen molar-refractivity contribution in [3.8, 4) is 12.3 Å². The first-order valence-electron chi connectivity index (χ1n) is 5.30. The van der Waals surface area contributed by atoms with E-state index in [4.69, 9.17) is 17.3 Å². The number of nitrogens with two attached hydrogens (primary N) is 1. The Hall–Kier alpha value is -2.32. The average molecular weight is 246 g/mol. The lowest BCUT2D eigenvalue weighted by Gasteiger charge is -2.18. The summed E-state index contributed by atoms with van der Waals surface area (Å²) in [6.07, 6.45) is 5.18. The van der Waals surface area contributed by atoms with E-state index >= 15 is 0 Å². The molecule has 0 saturated heterocycles. The molecule has 0 bridgehead atoms. The second-order valence-corrected chi connectivity index (χ2v) is 3.76. The number of carbonyl (C=O) groups excluding carboxylic acids is 1. The van der Waals surface area contributed by atoms with Crippen LogP contribution in [0, 0.1) is 12.3 Å². The minimum Gasteiger partial charge on any atom is -0.480 e. The lowest BCUT2D eigenvalue weighted by atomic mass is 10.1. The number of carbonyl (C=O) groups is 2. The van der Waals surface area contributed by atoms with Crippen LogP contribution in [0.4, 0.5) is 0 Å². The summed E-state index contributed by atoms with van der Waals surface area (Å²) in [5.41, 5.74) is 6.30. The maximum absolute atomic E-state index is 11.2. The van der Waals surface area contributed by atoms with Gasteiger partial charge in [0.1, 0.15) is 0 Å². The molecule has 5 nitrogen and oxygen atoms in total. The summed E-state index contributed by atoms with van der Waals surface area (Å²) in [5, 5.41) is 8.77. The highest BCUT2D eigenvalue weighted by molar-refractivity contribution is 5.94. The molecule has 0 saturated carbocycles. The number of amides is 1. The van der Waals surface area contributed by atoms with Crippen LogP contribution in [0.1, 0.15) is 15.9 Å². The van der Waals surface area contributed by atoms with Gasteiger partial charge < -0.3 is 10.8 Å². The van der Waals surface area contributed by atoms with Gasteiger partial charge in [-0.1, -0.05) is 24.1 Å². The molecule has 1 aromatic carbocycles. The van der Waals surface area contributed by atoms with Gasteiger partial charge >= 0.3 is 5.97 Å². The molecule has 0 atom stereocenters. The van der Waals surface area contributed by atoms with Gasteiger partial charge in [0.05, 0.1) is 13.1 Å². The lowest BCUT2D eigenvalue weighted by Crippen LogP contribution is -2.30. The van der Waals surface area contributed by atoms with Crippen LogP contribution in [-0.4, -0.2) is 35.0 Å². The number of carboxylic acids is 1. The van der Waals surface area contributed by atoms with E-state index in [1.54, 1.807) is 29.2 Å². The summed E-state index contributed by atoms with van der Waals surface area (Å²) >= 11 is 0. The zero-order chi connectivity index (χ0) is 13.5. The fraction of sp³-hybridized carbons (Fsp3) is 0.231. The van der Waals surface area contributed by atoms with E-state index in [2.05, 4.69) is 5.92 Å². The number of primary amides is 1. The number of aliphatic carboxylic acids is 1. The third kappa shape index (κ3) is 3.92. The summed E-state index contributed by atoms with van der Waals surface area (Å²) in [6, 6.07) is 6.79. The van der Waals surface area contributed by atoms with Gasteiger partial charge in [0.2, 0.25) is 5.91 Å². The smallest absolute Gasteiger partial charge is 0.317 e. The number of nitrogens with zero attached hydrogens (tertiary/aromatic N) is 1. The monoisotopic (exact) mass is 246 g/mol. The van der Waals surface area contributed by atoms with E-state index in [1.165, 1.54) is 0 Å². The number of hydrogen-bond donors (Lipinski definition) is 2. The molecular weight excluding hydrogens is 232 g/mol. The standard InChI is InChI=1S/C13H14N2O3/c1-2-7-15(9-12(16)17)8-10-5-3-4-6-11(10)13(14)18/h1,3-6H,7-9H2,(H2,14,18)(H,16,17). The Labute approximate surface area is 105 Å². The first-order valence-corrected chi connectivity index (χ1v) is 5.30. The van der Waals surface area contributed by atoms with Crippen LogP contribution >= 0.6 is 0 Å². The quantitative estimate of drug-likeness (QED) is 0.707. The van der Waals surface area contributed by atoms with E-state index in [1.807, 2.05) is 0 Å². The lowest BCUT2D eigenvalue weighted by molar-refractivity contribution is -0.138. The highest BCUT2D eigenvalue weighted by atomic mass is 16.4. The van der Waals surface area contributed by atoms with Crippen molar-refractivity contribution in [3.63, 3.8) is 0 Å². The fourth-order valence-corrected chi connectivity index (χ4v) is 1.63. The molecule has 1 amide bonds. The van der Waals surface area contributed by atoms with Crippen molar-refractivity contribution in [1.82, 2.24) is 4.90 Å². The molecule has 3 N–H and O–H groups in total. The van der Waals surface area contributed by atoms with Gasteiger partial charge in [-0.3, -0.25) is 14.5 Å². The molecule has 0 aromatic heterocycles. The van der Waals surface area contributed by atoms with Crippen LogP contribution in [0.3, 0.4) is 0 Å². The van der Waals surface area contributed by atoms with Crippen LogP contribution < -0.4 is 5.73 Å². The summed E-state index contributed by atoms with van der Waals surface area (Å²) in [5.74, 6) is 0.878. The Bertz CT molecular complexity index is 491. The maximum atomic E-state index is 11.2. The molecule has 0 radical (unpaired) electrons. The zero-order valence-corrected chi connectivity index (χ0v) is 9.80. The molecule has 5 heteroatoms. The average Bonchev–Trinajstić information content (AvgIpc) is 2.28. The largest absolute Gasteiger partial charge is 0.480 e. The second-order valence-electron chi connectivity index (χ2n) is 3.76. The van der Waals surface area contributed by atoms with Crippen LogP contribution in [-0.2, 0) is 11.3 Å². The number of carboxylic acid groups (broad SMARTS) is 1. The molecule has 0 fully saturated rings. The highest BCUT2D eigenvalue weighted by Gasteiger charge is 2.13. The van der Waals surface area contributed by atoms with Gasteiger partial charge in [-0.25, -0.2) is 0 Å². The van der Waals surface area contributed by atoms with Crippen molar-refractivity contribution >= 4 is 11.9 Å². The van der Waals surface area contributed by atoms with Crippen molar-refractivity contribution in [3.05, 3.63) is 35.4 Å². The Morgan fingerprint density at radius 1 is 1.39 bits per heavy atom. The van der Waals surface area contributed by atoms with Crippen molar-refractivity contribution in [2.45, 2.75) is 6.54 Å². The predicted molar refractivity (Wildman–Crippen MR) is 66.7 cm³/mol. The molecule has 94 valence electrons. The van der Waals surface area contributed by atoms with E-state index in [9.17, 15) is 9.59 Å². The van der Waals surface area contributed by atoms with Gasteiger partial charge in [0.15, 0.2) is 0 Å². The van der Waals surface area contributed by atoms with Gasteiger partial charge in [-0.15, -0.1) is 6.42 Å². The summed E-state index contributed by atoms with van der Waals surface area (Å²) in [6.45, 7) is 0.284. The van der Waals surface area contributed by atoms with Gasteiger partial charge in [-0.2, -0.15) is 0 Å². The molecule has 1 aromatic rings. The van der Waals surface area contributed by atoms with Crippen molar-refractivity contribution in [1.29, 1.82) is 0 Å². The maximum Gasteiger partial charge on any atom is 0.317 e. The van der Waals surface area contributed by atoms with E-state index in [0.29, 0.717) is 11.1 Å². The second kappa shape index (κ2) is 6.42. The van der Waals surface area contributed by atoms with Crippen molar-refractivity contribution in [2.75, 3.05) is 13.1 Å². The summed E-state index contributed by atoms with van der Waals surface area (Å²) in [4.78, 5) is 23.5. The van der Waals surface area contributed by atoms with E-state index in [-0.39, 0.29) is 19.6 Å². The van der Waals surface area contributed by atoms with Gasteiger partial charge in [-0.05, 0) is 11.6 Å². The van der Waals surface area contributed by atoms with Crippen LogP contribution in [0.15, 0.2) is 24.3 Å². The number of hydrogen-bond acceptors (Lipinski definition) is 3. The zero-order valence-electron chi connectivity index (χ0n) is 9.80. The van der Waals surface area contributed by atoms with E-state index < -0.39 is 11.9 Å². The van der Waals surface area contributed by atoms with Crippen LogP contribution in [0.2, 0.25) is 0 Å². The molecule has 0 heterocycles. The fourth-order valence-electron chi connectivity index (χ4n) is 1.63. The normalized spacial score (nSPS) is 10.0. The molecule has 18 heavy (non-hydrogen) atoms. The topological polar surface area (TPSA) is 83.6 Å². The number of terminal acetylenes is 1. The predicted octanol–water partition coefficient (Wildman–Crippen LogP) is 0.305. The molecule has 0 unspecified atom stereocenters. The molecule has 0 aliphatic carbocycles. The SMILES string of the molecule is C#CCN(CC(=O)O)Cc1ccccc1C(N)=O. The summed E-state index contributed by atoms with van der Waals surface area (Å²) in [7, 11) is 0. The molecule has 0 aliphatic heterocycles. The van der Waals surface area contributed by atoms with Crippen LogP contribution in [0.25, 0.3) is 0 Å². The molecule has 1 rings (SSSR count). The third-order valence-electron chi connectivity index (χ3n) is 2.35. The van der Waals surface area contributed by atoms with Crippen molar-refractivity contribution < 1.29 is 14.7 Å². The Morgan fingerprint density at radius 2 is 2.06 bits per heavy atom. The minimum atomic E-state index is -0.971. The Kier molecular flexibility index (Phi) is 4.90. The number of rotatable bonds is 6. The highest BCUT2D eigenvalue weighted by Crippen LogP contribution is 2.11. The summed E-state index contributed by atoms with van der Waals surface area (Å²) < 4.78 is 0. The first kappa shape index (κ1) is 13.7. The molecule has 0 spiro atoms. The Morgan fingerprint density at radius 3 is 2.61 bits per heavy atom.